The smallest absolute Gasteiger partial charge is 0.372 e. The fourth-order valence-electron chi connectivity index (χ4n) is 2.29. The molecular weight excluding hydrogens is 218 g/mol. The Morgan fingerprint density at radius 2 is 1.94 bits per heavy atom. The quantitative estimate of drug-likeness (QED) is 0.691. The second-order valence-corrected chi connectivity index (χ2v) is 4.05. The van der Waals surface area contributed by atoms with Crippen LogP contribution < -0.4 is 0 Å². The van der Waals surface area contributed by atoms with Crippen molar-refractivity contribution in [3.8, 4) is 0 Å². The van der Waals surface area contributed by atoms with Crippen molar-refractivity contribution in [2.24, 2.45) is 14.1 Å². The first-order chi connectivity index (χ1) is 8.11. The second kappa shape index (κ2) is 3.10. The van der Waals surface area contributed by atoms with Gasteiger partial charge in [-0.2, -0.15) is 0 Å². The minimum absolute atomic E-state index is 0.0661. The lowest BCUT2D eigenvalue weighted by molar-refractivity contribution is 0.0680. The number of carboxylic acids is 1. The molecule has 3 rings (SSSR count). The Morgan fingerprint density at radius 3 is 2.65 bits per heavy atom. The molecule has 3 aromatic rings. The minimum Gasteiger partial charge on any atom is -0.475 e. The molecule has 2 aromatic heterocycles. The van der Waals surface area contributed by atoms with Gasteiger partial charge in [0.2, 0.25) is 5.82 Å². The highest BCUT2D eigenvalue weighted by Gasteiger charge is 2.19. The van der Waals surface area contributed by atoms with Gasteiger partial charge in [-0.15, -0.1) is 0 Å². The van der Waals surface area contributed by atoms with Gasteiger partial charge in [0.25, 0.3) is 0 Å². The summed E-state index contributed by atoms with van der Waals surface area (Å²) in [4.78, 5) is 15.2. The first-order valence-corrected chi connectivity index (χ1v) is 5.24. The molecule has 0 aliphatic heterocycles. The van der Waals surface area contributed by atoms with Crippen LogP contribution in [0, 0.1) is 0 Å². The Bertz CT molecular complexity index is 752. The molecule has 0 amide bonds. The van der Waals surface area contributed by atoms with Crippen molar-refractivity contribution in [1.29, 1.82) is 0 Å². The number of hydrogen-bond donors (Lipinski definition) is 1. The highest BCUT2D eigenvalue weighted by Crippen LogP contribution is 2.27. The standard InChI is InChI=1S/C12H11N3O2/c1-14-8-6-4-3-5-7(8)9-10(14)13-11(12(16)17)15(9)2/h3-6H,1-2H3,(H,16,17). The summed E-state index contributed by atoms with van der Waals surface area (Å²) >= 11 is 0. The van der Waals surface area contributed by atoms with Crippen molar-refractivity contribution in [3.05, 3.63) is 30.1 Å². The average molecular weight is 229 g/mol. The van der Waals surface area contributed by atoms with Gasteiger partial charge < -0.3 is 14.2 Å². The van der Waals surface area contributed by atoms with Crippen molar-refractivity contribution in [1.82, 2.24) is 14.1 Å². The van der Waals surface area contributed by atoms with Gasteiger partial charge in [0, 0.05) is 19.5 Å². The van der Waals surface area contributed by atoms with Crippen LogP contribution in [0.5, 0.6) is 0 Å². The number of aromatic nitrogens is 3. The van der Waals surface area contributed by atoms with Crippen LogP contribution in [0.15, 0.2) is 24.3 Å². The number of benzene rings is 1. The zero-order valence-corrected chi connectivity index (χ0v) is 9.51. The maximum atomic E-state index is 11.0. The molecule has 2 heterocycles. The van der Waals surface area contributed by atoms with E-state index in [1.165, 1.54) is 0 Å². The monoisotopic (exact) mass is 229 g/mol. The highest BCUT2D eigenvalue weighted by molar-refractivity contribution is 6.06. The van der Waals surface area contributed by atoms with Crippen LogP contribution in [0.3, 0.4) is 0 Å². The van der Waals surface area contributed by atoms with Gasteiger partial charge in [0.1, 0.15) is 0 Å². The summed E-state index contributed by atoms with van der Waals surface area (Å²) in [5.41, 5.74) is 2.61. The second-order valence-electron chi connectivity index (χ2n) is 4.05. The summed E-state index contributed by atoms with van der Waals surface area (Å²) in [6.45, 7) is 0. The molecular formula is C12H11N3O2. The maximum Gasteiger partial charge on any atom is 0.372 e. The molecule has 1 aromatic carbocycles. The lowest BCUT2D eigenvalue weighted by Crippen LogP contribution is -2.06. The fourth-order valence-corrected chi connectivity index (χ4v) is 2.29. The molecule has 0 fully saturated rings. The summed E-state index contributed by atoms with van der Waals surface area (Å²) in [7, 11) is 3.62. The lowest BCUT2D eigenvalue weighted by atomic mass is 10.2. The minimum atomic E-state index is -1.01. The number of carboxylic acid groups (broad SMARTS) is 1. The van der Waals surface area contributed by atoms with Gasteiger partial charge in [0.15, 0.2) is 5.65 Å². The van der Waals surface area contributed by atoms with E-state index < -0.39 is 5.97 Å². The normalized spacial score (nSPS) is 11.4. The van der Waals surface area contributed by atoms with E-state index in [4.69, 9.17) is 5.11 Å². The molecule has 86 valence electrons. The number of para-hydroxylation sites is 1. The van der Waals surface area contributed by atoms with Gasteiger partial charge in [-0.05, 0) is 6.07 Å². The number of nitrogens with zero attached hydrogens (tertiary/aromatic N) is 3. The van der Waals surface area contributed by atoms with Gasteiger partial charge in [-0.1, -0.05) is 18.2 Å². The van der Waals surface area contributed by atoms with Crippen LogP contribution in [-0.4, -0.2) is 25.2 Å². The molecule has 0 aliphatic carbocycles. The average Bonchev–Trinajstić information content (AvgIpc) is 2.78. The molecule has 0 radical (unpaired) electrons. The first-order valence-electron chi connectivity index (χ1n) is 5.24. The highest BCUT2D eigenvalue weighted by atomic mass is 16.4. The van der Waals surface area contributed by atoms with Crippen LogP contribution in [-0.2, 0) is 14.1 Å². The molecule has 0 unspecified atom stereocenters. The third kappa shape index (κ3) is 1.13. The van der Waals surface area contributed by atoms with Gasteiger partial charge in [-0.3, -0.25) is 0 Å². The third-order valence-corrected chi connectivity index (χ3v) is 3.11. The molecule has 0 bridgehead atoms. The number of fused-ring (bicyclic) bond motifs is 3. The molecule has 5 nitrogen and oxygen atoms in total. The van der Waals surface area contributed by atoms with Crippen LogP contribution in [0.25, 0.3) is 22.1 Å². The Kier molecular flexibility index (Phi) is 1.80. The van der Waals surface area contributed by atoms with E-state index in [-0.39, 0.29) is 5.82 Å². The summed E-state index contributed by atoms with van der Waals surface area (Å²) in [5, 5.41) is 10.1. The largest absolute Gasteiger partial charge is 0.475 e. The van der Waals surface area contributed by atoms with E-state index in [0.29, 0.717) is 5.65 Å². The van der Waals surface area contributed by atoms with Crippen molar-refractivity contribution < 1.29 is 9.90 Å². The summed E-state index contributed by atoms with van der Waals surface area (Å²) < 4.78 is 3.54. The van der Waals surface area contributed by atoms with E-state index in [9.17, 15) is 4.79 Å². The number of aromatic carboxylic acids is 1. The number of aryl methyl sites for hydroxylation is 2. The number of rotatable bonds is 1. The summed E-state index contributed by atoms with van der Waals surface area (Å²) in [5.74, 6) is -0.941. The van der Waals surface area contributed by atoms with E-state index in [1.807, 2.05) is 35.9 Å². The topological polar surface area (TPSA) is 60.1 Å². The Balaban J connectivity index is 2.56. The van der Waals surface area contributed by atoms with Gasteiger partial charge in [0.05, 0.1) is 11.0 Å². The van der Waals surface area contributed by atoms with Crippen LogP contribution in [0.2, 0.25) is 0 Å². The maximum absolute atomic E-state index is 11.0. The fraction of sp³-hybridized carbons (Fsp3) is 0.167. The van der Waals surface area contributed by atoms with E-state index >= 15 is 0 Å². The predicted octanol–water partition coefficient (Wildman–Crippen LogP) is 1.76. The van der Waals surface area contributed by atoms with Crippen molar-refractivity contribution in [3.63, 3.8) is 0 Å². The number of carbonyl (C=O) groups is 1. The summed E-state index contributed by atoms with van der Waals surface area (Å²) in [6.07, 6.45) is 0. The molecule has 0 atom stereocenters. The van der Waals surface area contributed by atoms with Crippen molar-refractivity contribution in [2.75, 3.05) is 0 Å². The summed E-state index contributed by atoms with van der Waals surface area (Å²) in [6, 6.07) is 7.87. The molecule has 1 N–H and O–H groups in total. The Labute approximate surface area is 96.9 Å². The molecule has 0 saturated heterocycles. The van der Waals surface area contributed by atoms with Crippen LogP contribution >= 0.6 is 0 Å². The third-order valence-electron chi connectivity index (χ3n) is 3.11. The zero-order valence-electron chi connectivity index (χ0n) is 9.51. The van der Waals surface area contributed by atoms with Crippen molar-refractivity contribution >= 4 is 28.0 Å². The lowest BCUT2D eigenvalue weighted by Gasteiger charge is -1.98. The van der Waals surface area contributed by atoms with E-state index in [0.717, 1.165) is 16.4 Å². The first kappa shape index (κ1) is 9.89. The molecule has 0 aliphatic rings. The van der Waals surface area contributed by atoms with Crippen LogP contribution in [0.1, 0.15) is 10.6 Å². The molecule has 17 heavy (non-hydrogen) atoms. The van der Waals surface area contributed by atoms with Gasteiger partial charge in [-0.25, -0.2) is 9.78 Å². The number of imidazole rings is 1. The Hall–Kier alpha value is -2.30. The Morgan fingerprint density at radius 1 is 1.24 bits per heavy atom. The van der Waals surface area contributed by atoms with E-state index in [2.05, 4.69) is 4.98 Å². The molecule has 5 heteroatoms. The zero-order chi connectivity index (χ0) is 12.2. The van der Waals surface area contributed by atoms with Gasteiger partial charge >= 0.3 is 5.97 Å². The predicted molar refractivity (Wildman–Crippen MR) is 64.2 cm³/mol. The number of hydrogen-bond acceptors (Lipinski definition) is 2. The van der Waals surface area contributed by atoms with E-state index in [1.54, 1.807) is 11.6 Å². The van der Waals surface area contributed by atoms with Crippen LogP contribution in [0.4, 0.5) is 0 Å². The SMILES string of the molecule is Cn1c(C(=O)O)nc2c1c1ccccc1n2C. The molecule has 0 spiro atoms. The molecule has 0 saturated carbocycles. The van der Waals surface area contributed by atoms with Crippen molar-refractivity contribution in [2.45, 2.75) is 0 Å².